The quantitative estimate of drug-likeness (QED) is 0.806. The highest BCUT2D eigenvalue weighted by Gasteiger charge is 2.30. The number of nitrogens with zero attached hydrogens (tertiary/aromatic N) is 1. The summed E-state index contributed by atoms with van der Waals surface area (Å²) in [5.74, 6) is 0.731. The molecule has 1 aliphatic rings. The first-order valence-corrected chi connectivity index (χ1v) is 9.15. The molecule has 26 heavy (non-hydrogen) atoms. The monoisotopic (exact) mass is 354 g/mol. The molecule has 1 saturated heterocycles. The maximum atomic E-state index is 12.3. The Morgan fingerprint density at radius 1 is 1.12 bits per heavy atom. The number of hydrogen-bond acceptors (Lipinski definition) is 2. The van der Waals surface area contributed by atoms with Crippen molar-refractivity contribution in [2.45, 2.75) is 25.4 Å². The second kappa shape index (κ2) is 8.23. The van der Waals surface area contributed by atoms with Crippen LogP contribution in [0.4, 0.5) is 10.5 Å². The molecule has 3 rings (SSSR count). The Hall–Kier alpha value is -2.53. The molecule has 0 atom stereocenters. The predicted octanol–water partition coefficient (Wildman–Crippen LogP) is 3.63. The summed E-state index contributed by atoms with van der Waals surface area (Å²) in [5, 5.41) is 5.99. The van der Waals surface area contributed by atoms with Crippen molar-refractivity contribution in [2.24, 2.45) is 0 Å². The standard InChI is InChI=1S/C21H27N3O2/c1-24(16-17-7-4-3-5-8-17)13-11-18(12-14-24)22-21(25)23-19-9-6-10-20(15-19)26-2/h3-10,15,18H,11-14,16H2,1-2H3,(H-,22,23,25)/p+1. The fraction of sp³-hybridized carbons (Fsp3) is 0.381. The van der Waals surface area contributed by atoms with Gasteiger partial charge in [-0.25, -0.2) is 4.79 Å². The van der Waals surface area contributed by atoms with E-state index in [1.165, 1.54) is 5.56 Å². The van der Waals surface area contributed by atoms with Crippen LogP contribution in [0.5, 0.6) is 5.75 Å². The second-order valence-corrected chi connectivity index (χ2v) is 7.32. The summed E-state index contributed by atoms with van der Waals surface area (Å²) in [5.41, 5.74) is 2.11. The SMILES string of the molecule is COc1cccc(NC(=O)NC2CC[N+](C)(Cc3ccccc3)CC2)c1. The fourth-order valence-corrected chi connectivity index (χ4v) is 3.57. The first-order valence-electron chi connectivity index (χ1n) is 9.15. The summed E-state index contributed by atoms with van der Waals surface area (Å²) in [6, 6.07) is 18.1. The van der Waals surface area contributed by atoms with E-state index in [9.17, 15) is 4.79 Å². The number of methoxy groups -OCH3 is 1. The molecule has 0 unspecified atom stereocenters. The lowest BCUT2D eigenvalue weighted by Crippen LogP contribution is -2.54. The number of likely N-dealkylation sites (tertiary alicyclic amines) is 1. The van der Waals surface area contributed by atoms with Crippen molar-refractivity contribution in [3.8, 4) is 5.75 Å². The number of benzene rings is 2. The molecule has 5 nitrogen and oxygen atoms in total. The third-order valence-electron chi connectivity index (χ3n) is 5.10. The molecule has 1 fully saturated rings. The van der Waals surface area contributed by atoms with Crippen molar-refractivity contribution < 1.29 is 14.0 Å². The van der Waals surface area contributed by atoms with Gasteiger partial charge < -0.3 is 19.9 Å². The normalized spacial score (nSPS) is 22.5. The average molecular weight is 354 g/mol. The molecule has 0 saturated carbocycles. The molecule has 2 amide bonds. The van der Waals surface area contributed by atoms with Crippen LogP contribution in [0.15, 0.2) is 54.6 Å². The molecular weight excluding hydrogens is 326 g/mol. The minimum absolute atomic E-state index is 0.151. The Balaban J connectivity index is 1.48. The largest absolute Gasteiger partial charge is 0.497 e. The Labute approximate surface area is 155 Å². The Bertz CT molecular complexity index is 725. The van der Waals surface area contributed by atoms with Gasteiger partial charge in [0.2, 0.25) is 0 Å². The van der Waals surface area contributed by atoms with E-state index in [1.54, 1.807) is 7.11 Å². The number of carbonyl (C=O) groups excluding carboxylic acids is 1. The van der Waals surface area contributed by atoms with Crippen LogP contribution >= 0.6 is 0 Å². The number of carbonyl (C=O) groups is 1. The van der Waals surface area contributed by atoms with E-state index in [0.717, 1.165) is 48.4 Å². The van der Waals surface area contributed by atoms with E-state index < -0.39 is 0 Å². The van der Waals surface area contributed by atoms with E-state index >= 15 is 0 Å². The summed E-state index contributed by atoms with van der Waals surface area (Å²) in [6.45, 7) is 3.18. The van der Waals surface area contributed by atoms with Crippen molar-refractivity contribution in [3.05, 3.63) is 60.2 Å². The van der Waals surface area contributed by atoms with Gasteiger partial charge in [-0.05, 0) is 12.1 Å². The lowest BCUT2D eigenvalue weighted by molar-refractivity contribution is -0.927. The molecule has 1 aliphatic heterocycles. The van der Waals surface area contributed by atoms with Gasteiger partial charge in [-0.15, -0.1) is 0 Å². The van der Waals surface area contributed by atoms with Gasteiger partial charge in [-0.3, -0.25) is 0 Å². The maximum absolute atomic E-state index is 12.3. The lowest BCUT2D eigenvalue weighted by Gasteiger charge is -2.40. The minimum Gasteiger partial charge on any atom is -0.497 e. The molecule has 0 bridgehead atoms. The number of nitrogens with one attached hydrogen (secondary N) is 2. The van der Waals surface area contributed by atoms with E-state index in [-0.39, 0.29) is 12.1 Å². The highest BCUT2D eigenvalue weighted by atomic mass is 16.5. The first-order chi connectivity index (χ1) is 12.6. The molecule has 2 aromatic carbocycles. The minimum atomic E-state index is -0.151. The molecule has 2 N–H and O–H groups in total. The zero-order chi connectivity index (χ0) is 18.4. The molecule has 2 aromatic rings. The van der Waals surface area contributed by atoms with Crippen LogP contribution in [-0.2, 0) is 6.54 Å². The fourth-order valence-electron chi connectivity index (χ4n) is 3.57. The number of urea groups is 1. The summed E-state index contributed by atoms with van der Waals surface area (Å²) in [4.78, 5) is 12.3. The zero-order valence-electron chi connectivity index (χ0n) is 15.6. The van der Waals surface area contributed by atoms with Gasteiger partial charge in [0, 0.05) is 36.2 Å². The van der Waals surface area contributed by atoms with Crippen molar-refractivity contribution in [3.63, 3.8) is 0 Å². The summed E-state index contributed by atoms with van der Waals surface area (Å²) < 4.78 is 6.21. The van der Waals surface area contributed by atoms with Gasteiger partial charge in [0.25, 0.3) is 0 Å². The van der Waals surface area contributed by atoms with Gasteiger partial charge in [0.15, 0.2) is 0 Å². The summed E-state index contributed by atoms with van der Waals surface area (Å²) in [7, 11) is 3.92. The first kappa shape index (κ1) is 18.3. The third-order valence-corrected chi connectivity index (χ3v) is 5.10. The number of piperidine rings is 1. The highest BCUT2D eigenvalue weighted by molar-refractivity contribution is 5.89. The molecule has 0 radical (unpaired) electrons. The van der Waals surface area contributed by atoms with Crippen molar-refractivity contribution in [2.75, 3.05) is 32.6 Å². The van der Waals surface area contributed by atoms with Crippen LogP contribution in [0, 0.1) is 0 Å². The highest BCUT2D eigenvalue weighted by Crippen LogP contribution is 2.21. The van der Waals surface area contributed by atoms with Crippen LogP contribution in [0.1, 0.15) is 18.4 Å². The number of amides is 2. The van der Waals surface area contributed by atoms with E-state index in [2.05, 4.69) is 48.0 Å². The number of anilines is 1. The van der Waals surface area contributed by atoms with E-state index in [4.69, 9.17) is 4.74 Å². The summed E-state index contributed by atoms with van der Waals surface area (Å²) in [6.07, 6.45) is 1.99. The molecule has 0 spiro atoms. The van der Waals surface area contributed by atoms with Crippen LogP contribution in [0.2, 0.25) is 0 Å². The van der Waals surface area contributed by atoms with Gasteiger partial charge in [0.1, 0.15) is 12.3 Å². The average Bonchev–Trinajstić information content (AvgIpc) is 2.64. The molecule has 138 valence electrons. The Morgan fingerprint density at radius 2 is 1.85 bits per heavy atom. The van der Waals surface area contributed by atoms with Crippen molar-refractivity contribution in [1.29, 1.82) is 0 Å². The van der Waals surface area contributed by atoms with Gasteiger partial charge in [-0.1, -0.05) is 36.4 Å². The number of quaternary nitrogens is 1. The molecule has 0 aliphatic carbocycles. The van der Waals surface area contributed by atoms with Crippen LogP contribution in [0.3, 0.4) is 0 Å². The molecular formula is C21H28N3O2+. The number of hydrogen-bond donors (Lipinski definition) is 2. The van der Waals surface area contributed by atoms with Crippen molar-refractivity contribution in [1.82, 2.24) is 5.32 Å². The zero-order valence-corrected chi connectivity index (χ0v) is 15.6. The molecule has 5 heteroatoms. The summed E-state index contributed by atoms with van der Waals surface area (Å²) >= 11 is 0. The van der Waals surface area contributed by atoms with Crippen LogP contribution in [0.25, 0.3) is 0 Å². The van der Waals surface area contributed by atoms with Crippen LogP contribution < -0.4 is 15.4 Å². The van der Waals surface area contributed by atoms with Crippen molar-refractivity contribution >= 4 is 11.7 Å². The lowest BCUT2D eigenvalue weighted by atomic mass is 10.0. The number of rotatable bonds is 5. The van der Waals surface area contributed by atoms with Gasteiger partial charge >= 0.3 is 6.03 Å². The maximum Gasteiger partial charge on any atom is 0.319 e. The number of ether oxygens (including phenoxy) is 1. The Morgan fingerprint density at radius 3 is 2.54 bits per heavy atom. The van der Waals surface area contributed by atoms with Crippen LogP contribution in [-0.4, -0.2) is 43.8 Å². The van der Waals surface area contributed by atoms with E-state index in [0.29, 0.717) is 0 Å². The molecule has 1 heterocycles. The molecule has 0 aromatic heterocycles. The Kier molecular flexibility index (Phi) is 5.78. The topological polar surface area (TPSA) is 50.4 Å². The van der Waals surface area contributed by atoms with Gasteiger partial charge in [0.05, 0.1) is 27.2 Å². The second-order valence-electron chi connectivity index (χ2n) is 7.32. The van der Waals surface area contributed by atoms with E-state index in [1.807, 2.05) is 24.3 Å². The van der Waals surface area contributed by atoms with Gasteiger partial charge in [-0.2, -0.15) is 0 Å². The smallest absolute Gasteiger partial charge is 0.319 e. The third kappa shape index (κ3) is 4.99. The predicted molar refractivity (Wildman–Crippen MR) is 104 cm³/mol.